The highest BCUT2D eigenvalue weighted by atomic mass is 16.3. The van der Waals surface area contributed by atoms with Gasteiger partial charge >= 0.3 is 0 Å². The van der Waals surface area contributed by atoms with Gasteiger partial charge in [0.1, 0.15) is 0 Å². The lowest BCUT2D eigenvalue weighted by atomic mass is 9.87. The van der Waals surface area contributed by atoms with Crippen molar-refractivity contribution in [3.05, 3.63) is 17.5 Å². The van der Waals surface area contributed by atoms with Crippen LogP contribution in [0.4, 0.5) is 0 Å². The van der Waals surface area contributed by atoms with Crippen LogP contribution in [0, 0.1) is 5.41 Å². The number of nitrogens with one attached hydrogen (secondary N) is 1. The standard InChI is InChI=1S/C17H29N3O2/c1-11(2)20-15(13-6-7-13)14(9-19-20)16(22)18-10-17(4,5)8-12(3)21/h9,11-13,21H,6-8,10H2,1-5H3,(H,18,22). The summed E-state index contributed by atoms with van der Waals surface area (Å²) >= 11 is 0. The average molecular weight is 307 g/mol. The molecule has 124 valence electrons. The first-order valence-electron chi connectivity index (χ1n) is 8.25. The molecule has 5 nitrogen and oxygen atoms in total. The van der Waals surface area contributed by atoms with Crippen molar-refractivity contribution in [1.29, 1.82) is 0 Å². The first-order chi connectivity index (χ1) is 10.2. The highest BCUT2D eigenvalue weighted by Crippen LogP contribution is 2.42. The Hall–Kier alpha value is -1.36. The number of nitrogens with zero attached hydrogens (tertiary/aromatic N) is 2. The van der Waals surface area contributed by atoms with E-state index in [-0.39, 0.29) is 23.5 Å². The molecule has 0 saturated heterocycles. The van der Waals surface area contributed by atoms with Gasteiger partial charge in [0, 0.05) is 18.5 Å². The fourth-order valence-electron chi connectivity index (χ4n) is 3.01. The lowest BCUT2D eigenvalue weighted by Crippen LogP contribution is -2.36. The Balaban J connectivity index is 2.07. The Morgan fingerprint density at radius 1 is 1.45 bits per heavy atom. The molecule has 0 aromatic carbocycles. The largest absolute Gasteiger partial charge is 0.393 e. The van der Waals surface area contributed by atoms with Crippen molar-refractivity contribution in [1.82, 2.24) is 15.1 Å². The van der Waals surface area contributed by atoms with Gasteiger partial charge in [-0.15, -0.1) is 0 Å². The van der Waals surface area contributed by atoms with E-state index >= 15 is 0 Å². The molecule has 1 heterocycles. The maximum absolute atomic E-state index is 12.5. The maximum Gasteiger partial charge on any atom is 0.254 e. The first kappa shape index (κ1) is 17.0. The average Bonchev–Trinajstić information content (AvgIpc) is 3.12. The summed E-state index contributed by atoms with van der Waals surface area (Å²) < 4.78 is 1.98. The van der Waals surface area contributed by atoms with Gasteiger partial charge in [-0.05, 0) is 45.4 Å². The topological polar surface area (TPSA) is 67.2 Å². The van der Waals surface area contributed by atoms with E-state index in [2.05, 4.69) is 38.1 Å². The molecule has 1 saturated carbocycles. The molecule has 0 bridgehead atoms. The number of rotatable bonds is 7. The molecule has 1 aliphatic carbocycles. The molecule has 0 radical (unpaired) electrons. The van der Waals surface area contributed by atoms with Gasteiger partial charge in [-0.1, -0.05) is 13.8 Å². The maximum atomic E-state index is 12.5. The molecule has 1 fully saturated rings. The molecule has 2 rings (SSSR count). The third kappa shape index (κ3) is 4.09. The predicted molar refractivity (Wildman–Crippen MR) is 87.0 cm³/mol. The van der Waals surface area contributed by atoms with Gasteiger partial charge in [-0.2, -0.15) is 5.10 Å². The number of aliphatic hydroxyl groups is 1. The molecule has 1 aromatic rings. The minimum atomic E-state index is -0.363. The summed E-state index contributed by atoms with van der Waals surface area (Å²) in [5, 5.41) is 17.0. The summed E-state index contributed by atoms with van der Waals surface area (Å²) in [5.41, 5.74) is 1.67. The van der Waals surface area contributed by atoms with Crippen LogP contribution >= 0.6 is 0 Å². The molecule has 1 atom stereocenters. The number of hydrogen-bond donors (Lipinski definition) is 2. The molecule has 1 amide bonds. The molecule has 0 spiro atoms. The highest BCUT2D eigenvalue weighted by molar-refractivity contribution is 5.95. The second kappa shape index (κ2) is 6.41. The van der Waals surface area contributed by atoms with Crippen LogP contribution in [0.25, 0.3) is 0 Å². The van der Waals surface area contributed by atoms with Crippen LogP contribution in [0.15, 0.2) is 6.20 Å². The number of aromatic nitrogens is 2. The minimum absolute atomic E-state index is 0.0486. The Labute approximate surface area is 133 Å². The summed E-state index contributed by atoms with van der Waals surface area (Å²) in [6.07, 6.45) is 4.29. The van der Waals surface area contributed by atoms with E-state index < -0.39 is 0 Å². The molecule has 1 aliphatic rings. The van der Waals surface area contributed by atoms with Gasteiger partial charge in [-0.25, -0.2) is 0 Å². The zero-order valence-corrected chi connectivity index (χ0v) is 14.4. The van der Waals surface area contributed by atoms with Gasteiger partial charge in [0.2, 0.25) is 0 Å². The quantitative estimate of drug-likeness (QED) is 0.814. The fourth-order valence-corrected chi connectivity index (χ4v) is 3.01. The Kier molecular flexibility index (Phi) is 4.95. The number of carbonyl (C=O) groups is 1. The molecule has 1 unspecified atom stereocenters. The van der Waals surface area contributed by atoms with E-state index in [9.17, 15) is 9.90 Å². The number of carbonyl (C=O) groups excluding carboxylic acids is 1. The highest BCUT2D eigenvalue weighted by Gasteiger charge is 2.33. The summed E-state index contributed by atoms with van der Waals surface area (Å²) in [4.78, 5) is 12.5. The number of aliphatic hydroxyl groups excluding tert-OH is 1. The van der Waals surface area contributed by atoms with Crippen molar-refractivity contribution >= 4 is 5.91 Å². The van der Waals surface area contributed by atoms with Crippen LogP contribution in [0.1, 0.15) is 81.9 Å². The normalized spacial score (nSPS) is 16.9. The summed E-state index contributed by atoms with van der Waals surface area (Å²) in [7, 11) is 0. The van der Waals surface area contributed by atoms with Crippen LogP contribution in [0.3, 0.4) is 0 Å². The van der Waals surface area contributed by atoms with Crippen LogP contribution in [0.5, 0.6) is 0 Å². The van der Waals surface area contributed by atoms with Gasteiger partial charge in [-0.3, -0.25) is 9.48 Å². The van der Waals surface area contributed by atoms with Crippen LogP contribution in [0.2, 0.25) is 0 Å². The molecule has 2 N–H and O–H groups in total. The zero-order valence-electron chi connectivity index (χ0n) is 14.4. The van der Waals surface area contributed by atoms with Crippen molar-refractivity contribution < 1.29 is 9.90 Å². The molecule has 22 heavy (non-hydrogen) atoms. The molecule has 0 aliphatic heterocycles. The first-order valence-corrected chi connectivity index (χ1v) is 8.25. The third-order valence-corrected chi connectivity index (χ3v) is 4.11. The van der Waals surface area contributed by atoms with E-state index in [1.165, 1.54) is 0 Å². The van der Waals surface area contributed by atoms with E-state index in [0.29, 0.717) is 24.4 Å². The molecule has 5 heteroatoms. The number of hydrogen-bond acceptors (Lipinski definition) is 3. The number of amides is 1. The SMILES string of the molecule is CC(O)CC(C)(C)CNC(=O)c1cnn(C(C)C)c1C1CC1. The molecule has 1 aromatic heterocycles. The fraction of sp³-hybridized carbons (Fsp3) is 0.765. The van der Waals surface area contributed by atoms with Crippen molar-refractivity contribution in [3.8, 4) is 0 Å². The van der Waals surface area contributed by atoms with Crippen LogP contribution in [-0.2, 0) is 0 Å². The van der Waals surface area contributed by atoms with Gasteiger partial charge < -0.3 is 10.4 Å². The minimum Gasteiger partial charge on any atom is -0.393 e. The second-order valence-electron chi connectivity index (χ2n) is 7.66. The summed E-state index contributed by atoms with van der Waals surface area (Å²) in [6.45, 7) is 10.6. The van der Waals surface area contributed by atoms with Gasteiger partial charge in [0.25, 0.3) is 5.91 Å². The smallest absolute Gasteiger partial charge is 0.254 e. The van der Waals surface area contributed by atoms with E-state index in [4.69, 9.17) is 0 Å². The third-order valence-electron chi connectivity index (χ3n) is 4.11. The van der Waals surface area contributed by atoms with Crippen molar-refractivity contribution in [2.75, 3.05) is 6.54 Å². The van der Waals surface area contributed by atoms with Gasteiger partial charge in [0.05, 0.1) is 23.6 Å². The Bertz CT molecular complexity index is 528. The van der Waals surface area contributed by atoms with Crippen molar-refractivity contribution in [2.45, 2.75) is 71.9 Å². The summed E-state index contributed by atoms with van der Waals surface area (Å²) in [6, 6.07) is 0.267. The molecular formula is C17H29N3O2. The van der Waals surface area contributed by atoms with Gasteiger partial charge in [0.15, 0.2) is 0 Å². The second-order valence-corrected chi connectivity index (χ2v) is 7.66. The molecular weight excluding hydrogens is 278 g/mol. The predicted octanol–water partition coefficient (Wildman–Crippen LogP) is 2.87. The Morgan fingerprint density at radius 3 is 2.59 bits per heavy atom. The van der Waals surface area contributed by atoms with Crippen LogP contribution in [-0.4, -0.2) is 33.4 Å². The van der Waals surface area contributed by atoms with E-state index in [1.807, 2.05) is 4.68 Å². The van der Waals surface area contributed by atoms with E-state index in [1.54, 1.807) is 13.1 Å². The summed E-state index contributed by atoms with van der Waals surface area (Å²) in [5.74, 6) is 0.434. The van der Waals surface area contributed by atoms with Crippen molar-refractivity contribution in [2.24, 2.45) is 5.41 Å². The lowest BCUT2D eigenvalue weighted by molar-refractivity contribution is 0.0901. The monoisotopic (exact) mass is 307 g/mol. The Morgan fingerprint density at radius 2 is 2.09 bits per heavy atom. The van der Waals surface area contributed by atoms with Crippen molar-refractivity contribution in [3.63, 3.8) is 0 Å². The van der Waals surface area contributed by atoms with E-state index in [0.717, 1.165) is 18.5 Å². The lowest BCUT2D eigenvalue weighted by Gasteiger charge is -2.26. The van der Waals surface area contributed by atoms with Crippen LogP contribution < -0.4 is 5.32 Å². The zero-order chi connectivity index (χ0) is 16.5.